The van der Waals surface area contributed by atoms with Gasteiger partial charge in [-0.15, -0.1) is 0 Å². The summed E-state index contributed by atoms with van der Waals surface area (Å²) < 4.78 is 0. The van der Waals surface area contributed by atoms with Gasteiger partial charge in [-0.2, -0.15) is 0 Å². The Labute approximate surface area is 69.6 Å². The maximum absolute atomic E-state index is 6.84. The maximum atomic E-state index is 6.84. The van der Waals surface area contributed by atoms with Gasteiger partial charge < -0.3 is 16.9 Å². The minimum absolute atomic E-state index is 0.168. The van der Waals surface area contributed by atoms with Gasteiger partial charge in [-0.1, -0.05) is 0 Å². The lowest BCUT2D eigenvalue weighted by molar-refractivity contribution is 1.10. The highest BCUT2D eigenvalue weighted by Gasteiger charge is 2.01. The molecule has 5 nitrogen and oxygen atoms in total. The number of allylic oxidation sites excluding steroid dienone is 1. The highest BCUT2D eigenvalue weighted by Crippen LogP contribution is 2.01. The molecule has 0 aliphatic rings. The fourth-order valence-corrected chi connectivity index (χ4v) is 0.645. The summed E-state index contributed by atoms with van der Waals surface area (Å²) in [6.07, 6.45) is 4.09. The van der Waals surface area contributed by atoms with Crippen LogP contribution in [0, 0.1) is 5.41 Å². The molecule has 1 aromatic heterocycles. The molecule has 0 fully saturated rings. The van der Waals surface area contributed by atoms with Crippen LogP contribution in [0.15, 0.2) is 24.2 Å². The number of hydrogen-bond acceptors (Lipinski definition) is 5. The normalized spacial score (nSPS) is 12.0. The Morgan fingerprint density at radius 1 is 1.33 bits per heavy atom. The Hall–Kier alpha value is -1.91. The van der Waals surface area contributed by atoms with E-state index in [2.05, 4.69) is 9.97 Å². The van der Waals surface area contributed by atoms with Crippen LogP contribution in [-0.4, -0.2) is 16.2 Å². The topological polar surface area (TPSA) is 102 Å². The maximum Gasteiger partial charge on any atom is 0.177 e. The van der Waals surface area contributed by atoms with Gasteiger partial charge in [0.1, 0.15) is 5.70 Å². The van der Waals surface area contributed by atoms with Crippen molar-refractivity contribution in [1.82, 2.24) is 9.97 Å². The van der Waals surface area contributed by atoms with Crippen molar-refractivity contribution in [2.24, 2.45) is 11.5 Å². The van der Waals surface area contributed by atoms with Gasteiger partial charge >= 0.3 is 0 Å². The molecule has 12 heavy (non-hydrogen) atoms. The van der Waals surface area contributed by atoms with Crippen LogP contribution in [-0.2, 0) is 0 Å². The second-order valence-corrected chi connectivity index (χ2v) is 2.09. The first-order valence-corrected chi connectivity index (χ1v) is 3.28. The van der Waals surface area contributed by atoms with Gasteiger partial charge in [-0.3, -0.25) is 0 Å². The third-order valence-corrected chi connectivity index (χ3v) is 1.27. The van der Waals surface area contributed by atoms with E-state index >= 15 is 0 Å². The highest BCUT2D eigenvalue weighted by atomic mass is 14.9. The zero-order valence-corrected chi connectivity index (χ0v) is 6.36. The van der Waals surface area contributed by atoms with E-state index in [1.807, 2.05) is 0 Å². The number of rotatable bonds is 2. The predicted molar refractivity (Wildman–Crippen MR) is 46.1 cm³/mol. The molecule has 0 spiro atoms. The Balaban J connectivity index is 3.08. The Kier molecular flexibility index (Phi) is 2.37. The fourth-order valence-electron chi connectivity index (χ4n) is 0.645. The summed E-state index contributed by atoms with van der Waals surface area (Å²) in [5, 5.41) is 6.84. The molecule has 1 aromatic rings. The standard InChI is InChI=1S/C7H9N5/c8-4-5(9)6(10)7-11-2-1-3-12-7/h1-4,8H,9-10H2/b6-5+,8-4?. The van der Waals surface area contributed by atoms with E-state index in [0.717, 1.165) is 6.21 Å². The number of aromatic nitrogens is 2. The van der Waals surface area contributed by atoms with E-state index in [1.54, 1.807) is 18.5 Å². The van der Waals surface area contributed by atoms with Crippen molar-refractivity contribution in [2.75, 3.05) is 0 Å². The van der Waals surface area contributed by atoms with Gasteiger partial charge in [0.25, 0.3) is 0 Å². The molecule has 0 radical (unpaired) electrons. The van der Waals surface area contributed by atoms with E-state index in [0.29, 0.717) is 5.82 Å². The molecule has 0 unspecified atom stereocenters. The summed E-state index contributed by atoms with van der Waals surface area (Å²) in [7, 11) is 0. The van der Waals surface area contributed by atoms with Crippen LogP contribution < -0.4 is 11.5 Å². The molecule has 0 aliphatic heterocycles. The molecule has 0 amide bonds. The summed E-state index contributed by atoms with van der Waals surface area (Å²) in [4.78, 5) is 7.74. The largest absolute Gasteiger partial charge is 0.396 e. The quantitative estimate of drug-likeness (QED) is 0.521. The summed E-state index contributed by atoms with van der Waals surface area (Å²) in [5.74, 6) is 0.346. The molecule has 0 bridgehead atoms. The first kappa shape index (κ1) is 8.19. The number of nitrogens with zero attached hydrogens (tertiary/aromatic N) is 2. The summed E-state index contributed by atoms with van der Waals surface area (Å²) in [6.45, 7) is 0. The molecule has 0 aromatic carbocycles. The van der Waals surface area contributed by atoms with Gasteiger partial charge in [-0.25, -0.2) is 9.97 Å². The lowest BCUT2D eigenvalue weighted by Crippen LogP contribution is -2.11. The van der Waals surface area contributed by atoms with E-state index in [-0.39, 0.29) is 11.4 Å². The predicted octanol–water partition coefficient (Wildman–Crippen LogP) is -0.288. The van der Waals surface area contributed by atoms with E-state index in [1.165, 1.54) is 0 Å². The van der Waals surface area contributed by atoms with Gasteiger partial charge in [0, 0.05) is 18.6 Å². The van der Waals surface area contributed by atoms with E-state index in [4.69, 9.17) is 16.9 Å². The SMILES string of the molecule is N=C/C(N)=C(\N)c1ncccn1. The molecule has 0 saturated carbocycles. The van der Waals surface area contributed by atoms with Crippen molar-refractivity contribution in [3.8, 4) is 0 Å². The van der Waals surface area contributed by atoms with Crippen LogP contribution in [0.25, 0.3) is 5.70 Å². The van der Waals surface area contributed by atoms with Crippen molar-refractivity contribution in [3.63, 3.8) is 0 Å². The van der Waals surface area contributed by atoms with Gasteiger partial charge in [0.2, 0.25) is 0 Å². The lowest BCUT2D eigenvalue weighted by atomic mass is 10.3. The molecule has 5 N–H and O–H groups in total. The molecule has 0 saturated heterocycles. The van der Waals surface area contributed by atoms with Crippen LogP contribution in [0.1, 0.15) is 5.82 Å². The Bertz CT molecular complexity index is 303. The molecular weight excluding hydrogens is 154 g/mol. The molecule has 1 rings (SSSR count). The zero-order chi connectivity index (χ0) is 8.97. The molecule has 62 valence electrons. The highest BCUT2D eigenvalue weighted by molar-refractivity contribution is 5.85. The molecule has 0 atom stereocenters. The summed E-state index contributed by atoms with van der Waals surface area (Å²) in [6, 6.07) is 1.68. The molecular formula is C7H9N5. The van der Waals surface area contributed by atoms with Gasteiger partial charge in [0.15, 0.2) is 5.82 Å². The van der Waals surface area contributed by atoms with Crippen LogP contribution in [0.2, 0.25) is 0 Å². The Morgan fingerprint density at radius 3 is 2.42 bits per heavy atom. The first-order valence-electron chi connectivity index (χ1n) is 3.28. The van der Waals surface area contributed by atoms with Crippen molar-refractivity contribution < 1.29 is 0 Å². The number of nitrogens with one attached hydrogen (secondary N) is 1. The molecule has 0 aliphatic carbocycles. The molecule has 5 heteroatoms. The summed E-state index contributed by atoms with van der Waals surface area (Å²) >= 11 is 0. The number of hydrogen-bond donors (Lipinski definition) is 3. The smallest absolute Gasteiger partial charge is 0.177 e. The minimum Gasteiger partial charge on any atom is -0.396 e. The number of nitrogens with two attached hydrogens (primary N) is 2. The van der Waals surface area contributed by atoms with Crippen molar-refractivity contribution in [3.05, 3.63) is 30.0 Å². The van der Waals surface area contributed by atoms with Gasteiger partial charge in [-0.05, 0) is 6.07 Å². The minimum atomic E-state index is 0.168. The van der Waals surface area contributed by atoms with Crippen LogP contribution in [0.5, 0.6) is 0 Å². The van der Waals surface area contributed by atoms with Gasteiger partial charge in [0.05, 0.1) is 5.70 Å². The average Bonchev–Trinajstić information content (AvgIpc) is 2.17. The summed E-state index contributed by atoms with van der Waals surface area (Å²) in [5.41, 5.74) is 11.3. The Morgan fingerprint density at radius 2 is 1.92 bits per heavy atom. The third-order valence-electron chi connectivity index (χ3n) is 1.27. The monoisotopic (exact) mass is 163 g/mol. The second-order valence-electron chi connectivity index (χ2n) is 2.09. The van der Waals surface area contributed by atoms with Crippen molar-refractivity contribution >= 4 is 11.9 Å². The average molecular weight is 163 g/mol. The van der Waals surface area contributed by atoms with Crippen molar-refractivity contribution in [1.29, 1.82) is 5.41 Å². The molecule has 1 heterocycles. The second kappa shape index (κ2) is 3.47. The van der Waals surface area contributed by atoms with Crippen LogP contribution >= 0.6 is 0 Å². The third kappa shape index (κ3) is 1.57. The zero-order valence-electron chi connectivity index (χ0n) is 6.36. The fraction of sp³-hybridized carbons (Fsp3) is 0. The van der Waals surface area contributed by atoms with E-state index < -0.39 is 0 Å². The lowest BCUT2D eigenvalue weighted by Gasteiger charge is -1.99. The van der Waals surface area contributed by atoms with Crippen molar-refractivity contribution in [2.45, 2.75) is 0 Å². The van der Waals surface area contributed by atoms with Crippen LogP contribution in [0.4, 0.5) is 0 Å². The van der Waals surface area contributed by atoms with E-state index in [9.17, 15) is 0 Å². The van der Waals surface area contributed by atoms with Crippen LogP contribution in [0.3, 0.4) is 0 Å². The first-order chi connectivity index (χ1) is 5.75.